The fourth-order valence-corrected chi connectivity index (χ4v) is 6.01. The Hall–Kier alpha value is -6.12. The number of oxazole rings is 2. The Labute approximate surface area is 322 Å². The van der Waals surface area contributed by atoms with Crippen LogP contribution in [0.4, 0.5) is 0 Å². The van der Waals surface area contributed by atoms with Crippen LogP contribution in [0.1, 0.15) is 25.7 Å². The van der Waals surface area contributed by atoms with Crippen molar-refractivity contribution in [3.63, 3.8) is 0 Å². The fourth-order valence-electron chi connectivity index (χ4n) is 6.01. The number of rotatable bonds is 20. The van der Waals surface area contributed by atoms with E-state index in [1.807, 2.05) is 48.5 Å². The van der Waals surface area contributed by atoms with E-state index in [4.69, 9.17) is 46.7 Å². The van der Waals surface area contributed by atoms with Crippen LogP contribution in [-0.4, -0.2) is 74.8 Å². The average Bonchev–Trinajstić information content (AvgIpc) is 3.85. The molecule has 1 fully saturated rings. The lowest BCUT2D eigenvalue weighted by molar-refractivity contribution is -0.145. The Morgan fingerprint density at radius 1 is 0.464 bits per heavy atom. The lowest BCUT2D eigenvalue weighted by Gasteiger charge is -2.25. The quantitative estimate of drug-likeness (QED) is 0.0435. The lowest BCUT2D eigenvalue weighted by Crippen LogP contribution is -2.30. The van der Waals surface area contributed by atoms with Crippen LogP contribution in [0.15, 0.2) is 106 Å². The number of fused-ring (bicyclic) bond motifs is 2. The van der Waals surface area contributed by atoms with E-state index < -0.39 is 0 Å². The summed E-state index contributed by atoms with van der Waals surface area (Å²) in [6, 6.07) is 28.6. The van der Waals surface area contributed by atoms with Crippen molar-refractivity contribution in [3.8, 4) is 35.2 Å². The Balaban J connectivity index is 0.714. The van der Waals surface area contributed by atoms with Crippen molar-refractivity contribution in [1.82, 2.24) is 9.97 Å². The third kappa shape index (κ3) is 11.0. The molecule has 7 rings (SSSR count). The second-order valence-corrected chi connectivity index (χ2v) is 12.8. The van der Waals surface area contributed by atoms with Gasteiger partial charge in [-0.2, -0.15) is 9.97 Å². The molecule has 4 aromatic carbocycles. The van der Waals surface area contributed by atoms with Crippen LogP contribution >= 0.6 is 0 Å². The van der Waals surface area contributed by atoms with Crippen LogP contribution in [0.5, 0.6) is 35.2 Å². The molecule has 0 bridgehead atoms. The molecule has 292 valence electrons. The molecule has 14 heteroatoms. The van der Waals surface area contributed by atoms with Gasteiger partial charge in [0.2, 0.25) is 0 Å². The van der Waals surface area contributed by atoms with Crippen LogP contribution in [0.25, 0.3) is 22.2 Å². The van der Waals surface area contributed by atoms with Crippen molar-refractivity contribution in [2.45, 2.75) is 25.7 Å². The molecule has 1 aliphatic rings. The summed E-state index contributed by atoms with van der Waals surface area (Å²) >= 11 is 0. The van der Waals surface area contributed by atoms with E-state index in [0.29, 0.717) is 113 Å². The molecule has 0 atom stereocenters. The minimum atomic E-state index is -0.312. The second kappa shape index (κ2) is 19.5. The standard InChI is InChI=1S/C42H42N2O12/c45-39(53-33-17-13-31(14-18-33)49-25-21-47-23-27-51-41-43-35-5-1-3-7-37(35)55-41)29-9-11-30(12-10-29)40(46)54-34-19-15-32(16-20-34)50-26-22-48-24-28-52-42-44-36-6-2-4-8-38(36)56-42/h1-8,13-20,29-30H,9-12,21-28H2/t29-,30-. The molecule has 1 saturated carbocycles. The number of aromatic nitrogens is 2. The molecule has 0 radical (unpaired) electrons. The second-order valence-electron chi connectivity index (χ2n) is 12.8. The SMILES string of the molecule is O=C(Oc1ccc(OCCOCCOc2nc3ccccc3o2)cc1)[C@H]1CC[C@H](C(=O)Oc2ccc(OCCOCCOc3nc4ccccc4o3)cc2)CC1. The van der Waals surface area contributed by atoms with Gasteiger partial charge in [-0.15, -0.1) is 0 Å². The van der Waals surface area contributed by atoms with E-state index in [1.54, 1.807) is 48.5 Å². The van der Waals surface area contributed by atoms with Crippen LogP contribution in [0, 0.1) is 11.8 Å². The number of carbonyl (C=O) groups excluding carboxylic acids is 2. The first-order valence-corrected chi connectivity index (χ1v) is 18.6. The van der Waals surface area contributed by atoms with Gasteiger partial charge in [-0.1, -0.05) is 24.3 Å². The van der Waals surface area contributed by atoms with Crippen molar-refractivity contribution >= 4 is 34.1 Å². The molecular weight excluding hydrogens is 724 g/mol. The van der Waals surface area contributed by atoms with Crippen LogP contribution in [0.3, 0.4) is 0 Å². The zero-order valence-electron chi connectivity index (χ0n) is 30.7. The highest BCUT2D eigenvalue weighted by Crippen LogP contribution is 2.32. The van der Waals surface area contributed by atoms with E-state index in [-0.39, 0.29) is 35.9 Å². The van der Waals surface area contributed by atoms with Gasteiger partial charge in [0.15, 0.2) is 11.2 Å². The smallest absolute Gasteiger partial charge is 0.394 e. The first-order chi connectivity index (χ1) is 27.6. The molecule has 2 heterocycles. The number of hydrogen-bond donors (Lipinski definition) is 0. The first kappa shape index (κ1) is 38.2. The van der Waals surface area contributed by atoms with Crippen LogP contribution in [0.2, 0.25) is 0 Å². The van der Waals surface area contributed by atoms with Crippen LogP contribution < -0.4 is 28.4 Å². The summed E-state index contributed by atoms with van der Waals surface area (Å²) in [7, 11) is 0. The van der Waals surface area contributed by atoms with Gasteiger partial charge >= 0.3 is 24.1 Å². The minimum Gasteiger partial charge on any atom is -0.491 e. The molecule has 0 saturated heterocycles. The third-order valence-electron chi connectivity index (χ3n) is 8.93. The zero-order valence-corrected chi connectivity index (χ0v) is 30.7. The number of nitrogens with zero attached hydrogens (tertiary/aromatic N) is 2. The molecular formula is C42H42N2O12. The third-order valence-corrected chi connectivity index (χ3v) is 8.93. The summed E-state index contributed by atoms with van der Waals surface area (Å²) in [5.41, 5.74) is 2.82. The molecule has 0 amide bonds. The molecule has 0 spiro atoms. The van der Waals surface area contributed by atoms with Crippen molar-refractivity contribution in [3.05, 3.63) is 97.1 Å². The number of hydrogen-bond acceptors (Lipinski definition) is 14. The topological polar surface area (TPSA) is 160 Å². The van der Waals surface area contributed by atoms with E-state index >= 15 is 0 Å². The van der Waals surface area contributed by atoms with Gasteiger partial charge in [-0.25, -0.2) is 0 Å². The average molecular weight is 767 g/mol. The highest BCUT2D eigenvalue weighted by molar-refractivity contribution is 5.78. The summed E-state index contributed by atoms with van der Waals surface area (Å²) in [6.07, 6.45) is 2.58. The maximum Gasteiger partial charge on any atom is 0.394 e. The van der Waals surface area contributed by atoms with Crippen molar-refractivity contribution in [1.29, 1.82) is 0 Å². The van der Waals surface area contributed by atoms with Crippen molar-refractivity contribution in [2.75, 3.05) is 52.9 Å². The molecule has 6 aromatic rings. The van der Waals surface area contributed by atoms with E-state index in [0.717, 1.165) is 11.0 Å². The number of ether oxygens (including phenoxy) is 8. The van der Waals surface area contributed by atoms with E-state index in [1.165, 1.54) is 0 Å². The lowest BCUT2D eigenvalue weighted by atomic mass is 9.82. The normalized spacial score (nSPS) is 15.4. The maximum absolute atomic E-state index is 12.9. The minimum absolute atomic E-state index is 0.211. The molecule has 56 heavy (non-hydrogen) atoms. The predicted molar refractivity (Wildman–Crippen MR) is 201 cm³/mol. The van der Waals surface area contributed by atoms with Gasteiger partial charge in [0.1, 0.15) is 60.5 Å². The highest BCUT2D eigenvalue weighted by atomic mass is 16.6. The Bertz CT molecular complexity index is 1920. The van der Waals surface area contributed by atoms with Crippen molar-refractivity contribution < 1.29 is 56.3 Å². The maximum atomic E-state index is 12.9. The summed E-state index contributed by atoms with van der Waals surface area (Å²) in [6.45, 7) is 2.71. The van der Waals surface area contributed by atoms with Crippen molar-refractivity contribution in [2.24, 2.45) is 11.8 Å². The summed E-state index contributed by atoms with van der Waals surface area (Å²) in [4.78, 5) is 34.2. The van der Waals surface area contributed by atoms with Gasteiger partial charge in [0.25, 0.3) is 0 Å². The van der Waals surface area contributed by atoms with Gasteiger partial charge in [0, 0.05) is 0 Å². The predicted octanol–water partition coefficient (Wildman–Crippen LogP) is 7.24. The van der Waals surface area contributed by atoms with Gasteiger partial charge in [-0.3, -0.25) is 9.59 Å². The molecule has 0 aliphatic heterocycles. The molecule has 14 nitrogen and oxygen atoms in total. The Morgan fingerprint density at radius 3 is 1.21 bits per heavy atom. The first-order valence-electron chi connectivity index (χ1n) is 18.6. The van der Waals surface area contributed by atoms with Gasteiger partial charge in [0.05, 0.1) is 38.3 Å². The van der Waals surface area contributed by atoms with Gasteiger partial charge in [-0.05, 0) is 98.5 Å². The van der Waals surface area contributed by atoms with E-state index in [2.05, 4.69) is 9.97 Å². The molecule has 1 aliphatic carbocycles. The van der Waals surface area contributed by atoms with Gasteiger partial charge < -0.3 is 46.7 Å². The zero-order chi connectivity index (χ0) is 38.4. The number of para-hydroxylation sites is 4. The summed E-state index contributed by atoms with van der Waals surface area (Å²) in [5, 5.41) is 0. The summed E-state index contributed by atoms with van der Waals surface area (Å²) in [5.74, 6) is 0.900. The number of esters is 2. The monoisotopic (exact) mass is 766 g/mol. The molecule has 2 aromatic heterocycles. The highest BCUT2D eigenvalue weighted by Gasteiger charge is 2.32. The Kier molecular flexibility index (Phi) is 13.3. The summed E-state index contributed by atoms with van der Waals surface area (Å²) < 4.78 is 55.8. The van der Waals surface area contributed by atoms with Crippen LogP contribution in [-0.2, 0) is 19.1 Å². The molecule has 0 unspecified atom stereocenters. The molecule has 0 N–H and O–H groups in total. The fraction of sp³-hybridized carbons (Fsp3) is 0.333. The largest absolute Gasteiger partial charge is 0.491 e. The number of carbonyl (C=O) groups is 2. The number of benzene rings is 4. The Morgan fingerprint density at radius 2 is 0.821 bits per heavy atom. The van der Waals surface area contributed by atoms with E-state index in [9.17, 15) is 9.59 Å².